The van der Waals surface area contributed by atoms with Crippen LogP contribution in [-0.4, -0.2) is 35.4 Å². The summed E-state index contributed by atoms with van der Waals surface area (Å²) in [4.78, 5) is 14.1. The Morgan fingerprint density at radius 1 is 1.14 bits per heavy atom. The van der Waals surface area contributed by atoms with Gasteiger partial charge in [-0.05, 0) is 25.0 Å². The predicted molar refractivity (Wildman–Crippen MR) is 77.3 cm³/mol. The van der Waals surface area contributed by atoms with Crippen LogP contribution in [0.3, 0.4) is 0 Å². The first-order valence-electron chi connectivity index (χ1n) is 7.64. The summed E-state index contributed by atoms with van der Waals surface area (Å²) >= 11 is 0. The van der Waals surface area contributed by atoms with Crippen LogP contribution in [0, 0.1) is 0 Å². The van der Waals surface area contributed by atoms with E-state index in [1.165, 1.54) is 12.8 Å². The molecule has 1 aromatic rings. The van der Waals surface area contributed by atoms with E-state index in [2.05, 4.69) is 16.2 Å². The van der Waals surface area contributed by atoms with Crippen molar-refractivity contribution in [1.82, 2.24) is 21.1 Å². The first kappa shape index (κ1) is 12.9. The number of hydrazine groups is 1. The van der Waals surface area contributed by atoms with Gasteiger partial charge in [-0.25, -0.2) is 10.2 Å². The summed E-state index contributed by atoms with van der Waals surface area (Å²) in [6, 6.07) is 10.3. The van der Waals surface area contributed by atoms with E-state index in [0.29, 0.717) is 6.04 Å². The Morgan fingerprint density at radius 3 is 2.81 bits per heavy atom. The summed E-state index contributed by atoms with van der Waals surface area (Å²) in [6.07, 6.45) is 4.13. The molecule has 4 rings (SSSR count). The molecule has 6 nitrogen and oxygen atoms in total. The third-order valence-electron chi connectivity index (χ3n) is 4.62. The van der Waals surface area contributed by atoms with E-state index in [1.54, 1.807) is 0 Å². The van der Waals surface area contributed by atoms with E-state index >= 15 is 0 Å². The highest BCUT2D eigenvalue weighted by Gasteiger charge is 2.49. The van der Waals surface area contributed by atoms with E-state index in [4.69, 9.17) is 4.74 Å². The van der Waals surface area contributed by atoms with Gasteiger partial charge in [-0.1, -0.05) is 31.0 Å². The lowest BCUT2D eigenvalue weighted by atomic mass is 9.87. The van der Waals surface area contributed by atoms with Crippen LogP contribution in [0.5, 0.6) is 5.75 Å². The largest absolute Gasteiger partial charge is 0.472 e. The first-order chi connectivity index (χ1) is 10.3. The Kier molecular flexibility index (Phi) is 3.20. The van der Waals surface area contributed by atoms with Crippen molar-refractivity contribution in [3.63, 3.8) is 0 Å². The highest BCUT2D eigenvalue weighted by Crippen LogP contribution is 2.31. The molecule has 2 saturated heterocycles. The Morgan fingerprint density at radius 2 is 1.95 bits per heavy atom. The van der Waals surface area contributed by atoms with E-state index < -0.39 is 0 Å². The van der Waals surface area contributed by atoms with Gasteiger partial charge in [-0.3, -0.25) is 15.6 Å². The number of fused-ring (bicyclic) bond motifs is 3. The minimum absolute atomic E-state index is 0.0416. The molecule has 0 spiro atoms. The molecule has 1 aliphatic carbocycles. The van der Waals surface area contributed by atoms with Crippen molar-refractivity contribution in [3.05, 3.63) is 30.3 Å². The predicted octanol–water partition coefficient (Wildman–Crippen LogP) is 1.16. The van der Waals surface area contributed by atoms with Crippen molar-refractivity contribution in [2.24, 2.45) is 0 Å². The normalized spacial score (nSPS) is 34.9. The van der Waals surface area contributed by atoms with Crippen LogP contribution in [0.1, 0.15) is 25.7 Å². The molecule has 3 aliphatic rings. The number of para-hydroxylation sites is 1. The summed E-state index contributed by atoms with van der Waals surface area (Å²) in [5.74, 6) is 0.811. The minimum atomic E-state index is -0.245. The topological polar surface area (TPSA) is 65.6 Å². The van der Waals surface area contributed by atoms with Gasteiger partial charge < -0.3 is 4.74 Å². The highest BCUT2D eigenvalue weighted by molar-refractivity contribution is 5.76. The zero-order chi connectivity index (χ0) is 14.2. The molecule has 0 radical (unpaired) electrons. The number of amides is 2. The molecule has 4 unspecified atom stereocenters. The molecule has 21 heavy (non-hydrogen) atoms. The molecule has 2 heterocycles. The monoisotopic (exact) mass is 288 g/mol. The van der Waals surface area contributed by atoms with Gasteiger partial charge in [-0.2, -0.15) is 0 Å². The van der Waals surface area contributed by atoms with Gasteiger partial charge in [0.2, 0.25) is 0 Å². The number of piperazine rings is 1. The van der Waals surface area contributed by atoms with Gasteiger partial charge in [0.05, 0.1) is 6.04 Å². The fraction of sp³-hybridized carbons (Fsp3) is 0.533. The number of carbonyl (C=O) groups excluding carboxylic acids is 1. The maximum Gasteiger partial charge on any atom is 0.333 e. The Balaban J connectivity index is 1.58. The lowest BCUT2D eigenvalue weighted by molar-refractivity contribution is -0.0252. The standard InChI is InChI=1S/C15H20N4O2/c20-15-18-17-13-14(21-10-6-2-1-3-7-10)16-11-8-4-5-9-12(11)19(13)15/h1-3,6-7,11-14,16-17H,4-5,8-9H2,(H,18,20). The highest BCUT2D eigenvalue weighted by atomic mass is 16.5. The molecule has 2 aliphatic heterocycles. The average Bonchev–Trinajstić information content (AvgIpc) is 2.91. The zero-order valence-electron chi connectivity index (χ0n) is 11.8. The van der Waals surface area contributed by atoms with Crippen molar-refractivity contribution in [2.45, 2.75) is 50.2 Å². The third kappa shape index (κ3) is 2.24. The molecular weight excluding hydrogens is 268 g/mol. The average molecular weight is 288 g/mol. The zero-order valence-corrected chi connectivity index (χ0v) is 11.8. The number of rotatable bonds is 2. The van der Waals surface area contributed by atoms with Gasteiger partial charge in [0.25, 0.3) is 0 Å². The molecule has 0 aromatic heterocycles. The molecule has 1 aromatic carbocycles. The van der Waals surface area contributed by atoms with Crippen LogP contribution < -0.4 is 20.9 Å². The van der Waals surface area contributed by atoms with Gasteiger partial charge in [0, 0.05) is 6.04 Å². The van der Waals surface area contributed by atoms with Gasteiger partial charge in [-0.15, -0.1) is 0 Å². The Hall–Kier alpha value is -1.79. The summed E-state index contributed by atoms with van der Waals surface area (Å²) in [5.41, 5.74) is 5.78. The van der Waals surface area contributed by atoms with Gasteiger partial charge in [0.15, 0.2) is 12.4 Å². The van der Waals surface area contributed by atoms with E-state index in [1.807, 2.05) is 35.2 Å². The van der Waals surface area contributed by atoms with Gasteiger partial charge >= 0.3 is 6.03 Å². The van der Waals surface area contributed by atoms with Crippen molar-refractivity contribution < 1.29 is 9.53 Å². The first-order valence-corrected chi connectivity index (χ1v) is 7.64. The number of carbonyl (C=O) groups is 1. The molecule has 2 amide bonds. The second-order valence-corrected chi connectivity index (χ2v) is 5.90. The Labute approximate surface area is 123 Å². The molecule has 3 fully saturated rings. The van der Waals surface area contributed by atoms with Crippen LogP contribution in [0.4, 0.5) is 4.79 Å². The van der Waals surface area contributed by atoms with Crippen LogP contribution >= 0.6 is 0 Å². The number of nitrogens with zero attached hydrogens (tertiary/aromatic N) is 1. The molecular formula is C15H20N4O2. The van der Waals surface area contributed by atoms with Crippen molar-refractivity contribution in [3.8, 4) is 5.75 Å². The molecule has 1 saturated carbocycles. The third-order valence-corrected chi connectivity index (χ3v) is 4.62. The smallest absolute Gasteiger partial charge is 0.333 e. The fourth-order valence-electron chi connectivity index (χ4n) is 3.66. The quantitative estimate of drug-likeness (QED) is 0.764. The van der Waals surface area contributed by atoms with Crippen LogP contribution in [0.25, 0.3) is 0 Å². The number of hydrogen-bond acceptors (Lipinski definition) is 4. The number of hydrogen-bond donors (Lipinski definition) is 3. The fourth-order valence-corrected chi connectivity index (χ4v) is 3.66. The lowest BCUT2D eigenvalue weighted by Gasteiger charge is -2.48. The second-order valence-electron chi connectivity index (χ2n) is 5.90. The number of benzene rings is 1. The summed E-state index contributed by atoms with van der Waals surface area (Å²) in [5, 5.41) is 3.58. The summed E-state index contributed by atoms with van der Waals surface area (Å²) < 4.78 is 6.06. The van der Waals surface area contributed by atoms with Crippen molar-refractivity contribution >= 4 is 6.03 Å². The number of nitrogens with one attached hydrogen (secondary N) is 3. The molecule has 0 bridgehead atoms. The maximum absolute atomic E-state index is 12.1. The van der Waals surface area contributed by atoms with Gasteiger partial charge in [0.1, 0.15) is 5.75 Å². The van der Waals surface area contributed by atoms with Crippen molar-refractivity contribution in [1.29, 1.82) is 0 Å². The minimum Gasteiger partial charge on any atom is -0.472 e. The molecule has 3 N–H and O–H groups in total. The number of ether oxygens (including phenoxy) is 1. The summed E-state index contributed by atoms with van der Waals surface area (Å²) in [6.45, 7) is 0. The van der Waals surface area contributed by atoms with Crippen LogP contribution in [-0.2, 0) is 0 Å². The van der Waals surface area contributed by atoms with Crippen molar-refractivity contribution in [2.75, 3.05) is 0 Å². The summed E-state index contributed by atoms with van der Waals surface area (Å²) in [7, 11) is 0. The molecule has 112 valence electrons. The number of urea groups is 1. The van der Waals surface area contributed by atoms with Crippen LogP contribution in [0.15, 0.2) is 30.3 Å². The van der Waals surface area contributed by atoms with Crippen LogP contribution in [0.2, 0.25) is 0 Å². The second kappa shape index (κ2) is 5.20. The molecule has 6 heteroatoms. The lowest BCUT2D eigenvalue weighted by Crippen LogP contribution is -2.70. The van der Waals surface area contributed by atoms with E-state index in [-0.39, 0.29) is 24.5 Å². The molecule has 4 atom stereocenters. The SMILES string of the molecule is O=C1NNC2C(Oc3ccccc3)NC3CCCCC3N12. The van der Waals surface area contributed by atoms with E-state index in [0.717, 1.165) is 18.6 Å². The maximum atomic E-state index is 12.1. The Bertz CT molecular complexity index is 524. The van der Waals surface area contributed by atoms with E-state index in [9.17, 15) is 4.79 Å².